The highest BCUT2D eigenvalue weighted by Crippen LogP contribution is 2.18. The molecule has 6 heteroatoms. The third-order valence-electron chi connectivity index (χ3n) is 4.28. The van der Waals surface area contributed by atoms with E-state index in [1.54, 1.807) is 6.33 Å². The summed E-state index contributed by atoms with van der Waals surface area (Å²) in [6.07, 6.45) is 3.87. The van der Waals surface area contributed by atoms with Crippen LogP contribution in [0.15, 0.2) is 30.6 Å². The Hall–Kier alpha value is -2.21. The highest BCUT2D eigenvalue weighted by Gasteiger charge is 2.04. The van der Waals surface area contributed by atoms with Crippen molar-refractivity contribution < 1.29 is 4.79 Å². The molecule has 1 heterocycles. The van der Waals surface area contributed by atoms with Gasteiger partial charge in [0.15, 0.2) is 0 Å². The van der Waals surface area contributed by atoms with Crippen molar-refractivity contribution in [1.82, 2.24) is 20.2 Å². The molecule has 0 aliphatic heterocycles. The number of benzene rings is 1. The predicted molar refractivity (Wildman–Crippen MR) is 103 cm³/mol. The molecule has 0 aliphatic rings. The summed E-state index contributed by atoms with van der Waals surface area (Å²) in [6.45, 7) is 8.95. The first kappa shape index (κ1) is 19.1. The number of fused-ring (bicyclic) bond motifs is 1. The Kier molecular flexibility index (Phi) is 8.12. The molecule has 25 heavy (non-hydrogen) atoms. The van der Waals surface area contributed by atoms with E-state index in [-0.39, 0.29) is 5.91 Å². The number of para-hydroxylation sites is 1. The lowest BCUT2D eigenvalue weighted by molar-refractivity contribution is -0.121. The molecule has 0 aliphatic carbocycles. The second-order valence-electron chi connectivity index (χ2n) is 6.00. The molecule has 1 amide bonds. The number of aromatic nitrogens is 2. The summed E-state index contributed by atoms with van der Waals surface area (Å²) >= 11 is 0. The summed E-state index contributed by atoms with van der Waals surface area (Å²) in [7, 11) is 0. The van der Waals surface area contributed by atoms with Gasteiger partial charge in [-0.15, -0.1) is 0 Å². The van der Waals surface area contributed by atoms with Crippen LogP contribution in [0.3, 0.4) is 0 Å². The van der Waals surface area contributed by atoms with Crippen LogP contribution in [0.25, 0.3) is 10.9 Å². The highest BCUT2D eigenvalue weighted by atomic mass is 16.1. The molecule has 0 saturated carbocycles. The molecule has 0 bridgehead atoms. The predicted octanol–water partition coefficient (Wildman–Crippen LogP) is 2.67. The minimum absolute atomic E-state index is 0.119. The van der Waals surface area contributed by atoms with Gasteiger partial charge in [-0.3, -0.25) is 4.79 Å². The van der Waals surface area contributed by atoms with Crippen molar-refractivity contribution in [3.05, 3.63) is 30.6 Å². The summed E-state index contributed by atoms with van der Waals surface area (Å²) in [4.78, 5) is 22.8. The molecule has 6 nitrogen and oxygen atoms in total. The van der Waals surface area contributed by atoms with Gasteiger partial charge in [-0.2, -0.15) is 0 Å². The van der Waals surface area contributed by atoms with E-state index < -0.39 is 0 Å². The Morgan fingerprint density at radius 1 is 1.08 bits per heavy atom. The molecule has 0 fully saturated rings. The summed E-state index contributed by atoms with van der Waals surface area (Å²) in [5.41, 5.74) is 0.922. The molecule has 0 saturated heterocycles. The van der Waals surface area contributed by atoms with Crippen molar-refractivity contribution in [2.45, 2.75) is 33.1 Å². The van der Waals surface area contributed by atoms with E-state index in [1.807, 2.05) is 24.3 Å². The fourth-order valence-electron chi connectivity index (χ4n) is 2.76. The third kappa shape index (κ3) is 6.31. The van der Waals surface area contributed by atoms with Gasteiger partial charge in [0.1, 0.15) is 12.1 Å². The second kappa shape index (κ2) is 10.6. The third-order valence-corrected chi connectivity index (χ3v) is 4.28. The van der Waals surface area contributed by atoms with Crippen LogP contribution in [0.2, 0.25) is 0 Å². The van der Waals surface area contributed by atoms with Crippen molar-refractivity contribution in [1.29, 1.82) is 0 Å². The van der Waals surface area contributed by atoms with Gasteiger partial charge in [-0.25, -0.2) is 9.97 Å². The zero-order valence-corrected chi connectivity index (χ0v) is 15.3. The van der Waals surface area contributed by atoms with Gasteiger partial charge < -0.3 is 15.5 Å². The van der Waals surface area contributed by atoms with Crippen LogP contribution in [0.1, 0.15) is 33.1 Å². The monoisotopic (exact) mass is 343 g/mol. The Balaban J connectivity index is 1.63. The van der Waals surface area contributed by atoms with Crippen LogP contribution in [-0.2, 0) is 4.79 Å². The van der Waals surface area contributed by atoms with Crippen molar-refractivity contribution in [3.8, 4) is 0 Å². The lowest BCUT2D eigenvalue weighted by Gasteiger charge is -2.17. The fraction of sp³-hybridized carbons (Fsp3) is 0.526. The molecule has 2 N–H and O–H groups in total. The van der Waals surface area contributed by atoms with E-state index in [9.17, 15) is 4.79 Å². The van der Waals surface area contributed by atoms with Crippen molar-refractivity contribution >= 4 is 22.6 Å². The van der Waals surface area contributed by atoms with E-state index in [1.165, 1.54) is 0 Å². The quantitative estimate of drug-likeness (QED) is 0.614. The molecular weight excluding hydrogens is 314 g/mol. The van der Waals surface area contributed by atoms with Crippen molar-refractivity contribution in [2.75, 3.05) is 38.0 Å². The molecular formula is C19H29N5O. The topological polar surface area (TPSA) is 70.2 Å². The average molecular weight is 343 g/mol. The van der Waals surface area contributed by atoms with Crippen LogP contribution in [0.5, 0.6) is 0 Å². The zero-order chi connectivity index (χ0) is 17.9. The number of amides is 1. The number of nitrogens with zero attached hydrogens (tertiary/aromatic N) is 3. The van der Waals surface area contributed by atoms with Gasteiger partial charge in [0.05, 0.1) is 5.52 Å². The number of hydrogen-bond acceptors (Lipinski definition) is 5. The maximum atomic E-state index is 11.9. The minimum atomic E-state index is 0.119. The maximum Gasteiger partial charge on any atom is 0.220 e. The van der Waals surface area contributed by atoms with E-state index in [0.717, 1.165) is 55.7 Å². The molecule has 2 aromatic rings. The van der Waals surface area contributed by atoms with E-state index in [2.05, 4.69) is 39.3 Å². The van der Waals surface area contributed by atoms with Crippen molar-refractivity contribution in [3.63, 3.8) is 0 Å². The van der Waals surface area contributed by atoms with E-state index in [0.29, 0.717) is 13.0 Å². The van der Waals surface area contributed by atoms with Gasteiger partial charge in [0.25, 0.3) is 0 Å². The van der Waals surface area contributed by atoms with Crippen LogP contribution >= 0.6 is 0 Å². The first-order valence-corrected chi connectivity index (χ1v) is 9.17. The highest BCUT2D eigenvalue weighted by molar-refractivity contribution is 5.88. The lowest BCUT2D eigenvalue weighted by atomic mass is 10.2. The molecule has 0 unspecified atom stereocenters. The maximum absolute atomic E-state index is 11.9. The number of carbonyl (C=O) groups is 1. The lowest BCUT2D eigenvalue weighted by Crippen LogP contribution is -2.30. The van der Waals surface area contributed by atoms with E-state index >= 15 is 0 Å². The Morgan fingerprint density at radius 3 is 2.68 bits per heavy atom. The number of anilines is 1. The first-order chi connectivity index (χ1) is 12.2. The van der Waals surface area contributed by atoms with Gasteiger partial charge in [-0.1, -0.05) is 26.0 Å². The van der Waals surface area contributed by atoms with Gasteiger partial charge in [0.2, 0.25) is 5.91 Å². The largest absolute Gasteiger partial charge is 0.369 e. The average Bonchev–Trinajstić information content (AvgIpc) is 2.65. The van der Waals surface area contributed by atoms with Gasteiger partial charge in [-0.05, 0) is 44.6 Å². The number of nitrogens with one attached hydrogen (secondary N) is 2. The van der Waals surface area contributed by atoms with Crippen LogP contribution < -0.4 is 10.6 Å². The number of carbonyl (C=O) groups excluding carboxylic acids is 1. The molecule has 0 spiro atoms. The SMILES string of the molecule is CCN(CC)CCCNC(=O)CCCNc1ncnc2ccccc12. The summed E-state index contributed by atoms with van der Waals surface area (Å²) in [6, 6.07) is 7.90. The smallest absolute Gasteiger partial charge is 0.220 e. The number of hydrogen-bond donors (Lipinski definition) is 2. The summed E-state index contributed by atoms with van der Waals surface area (Å²) in [5.74, 6) is 0.944. The first-order valence-electron chi connectivity index (χ1n) is 9.17. The normalized spacial score (nSPS) is 11.0. The van der Waals surface area contributed by atoms with E-state index in [4.69, 9.17) is 0 Å². The minimum Gasteiger partial charge on any atom is -0.369 e. The molecule has 136 valence electrons. The molecule has 1 aromatic carbocycles. The molecule has 1 aromatic heterocycles. The van der Waals surface area contributed by atoms with Crippen LogP contribution in [0.4, 0.5) is 5.82 Å². The van der Waals surface area contributed by atoms with Crippen LogP contribution in [-0.4, -0.2) is 53.5 Å². The molecule has 2 rings (SSSR count). The summed E-state index contributed by atoms with van der Waals surface area (Å²) < 4.78 is 0. The zero-order valence-electron chi connectivity index (χ0n) is 15.3. The number of rotatable bonds is 11. The Morgan fingerprint density at radius 2 is 1.88 bits per heavy atom. The Bertz CT molecular complexity index is 652. The Labute approximate surface area is 150 Å². The molecule has 0 atom stereocenters. The fourth-order valence-corrected chi connectivity index (χ4v) is 2.76. The second-order valence-corrected chi connectivity index (χ2v) is 6.00. The summed E-state index contributed by atoms with van der Waals surface area (Å²) in [5, 5.41) is 7.30. The van der Waals surface area contributed by atoms with Crippen molar-refractivity contribution in [2.24, 2.45) is 0 Å². The molecule has 0 radical (unpaired) electrons. The van der Waals surface area contributed by atoms with Gasteiger partial charge >= 0.3 is 0 Å². The van der Waals surface area contributed by atoms with Gasteiger partial charge in [0, 0.05) is 24.9 Å². The van der Waals surface area contributed by atoms with Crippen LogP contribution in [0, 0.1) is 0 Å². The standard InChI is InChI=1S/C19H29N5O/c1-3-24(4-2)14-8-13-20-18(25)11-7-12-21-19-16-9-5-6-10-17(16)22-15-23-19/h5-6,9-10,15H,3-4,7-8,11-14H2,1-2H3,(H,20,25)(H,21,22,23).